The topological polar surface area (TPSA) is 3.24 Å². The Balaban J connectivity index is 2.12. The Hall–Kier alpha value is -1.19. The molecule has 1 radical (unpaired) electrons. The predicted molar refractivity (Wildman–Crippen MR) is 57.2 cm³/mol. The Morgan fingerprint density at radius 3 is 2.25 bits per heavy atom. The van der Waals surface area contributed by atoms with E-state index in [4.69, 9.17) is 0 Å². The first-order valence-electron chi connectivity index (χ1n) is 5.31. The van der Waals surface area contributed by atoms with Crippen LogP contribution in [0.25, 0.3) is 0 Å². The molecule has 4 heteroatoms. The van der Waals surface area contributed by atoms with Gasteiger partial charge in [-0.1, -0.05) is 0 Å². The second-order valence-corrected chi connectivity index (χ2v) is 3.92. The number of hydrogen-bond acceptors (Lipinski definition) is 1. The standard InChI is InChI=1S/C12H13F3N/c13-12(14,15)10-4-6-11(7-5-10)16-8-2-1-3-9-16/h2,4-7H,1,3,8-9H2. The maximum atomic E-state index is 12.3. The molecule has 16 heavy (non-hydrogen) atoms. The number of piperidine rings is 1. The summed E-state index contributed by atoms with van der Waals surface area (Å²) in [5.41, 5.74) is 0.279. The van der Waals surface area contributed by atoms with E-state index in [0.29, 0.717) is 0 Å². The molecule has 0 atom stereocenters. The minimum atomic E-state index is -4.24. The Bertz CT molecular complexity index is 336. The van der Waals surface area contributed by atoms with Crippen LogP contribution in [0, 0.1) is 6.42 Å². The van der Waals surface area contributed by atoms with Crippen molar-refractivity contribution in [2.24, 2.45) is 0 Å². The van der Waals surface area contributed by atoms with Gasteiger partial charge in [-0.15, -0.1) is 0 Å². The van der Waals surface area contributed by atoms with Gasteiger partial charge in [-0.3, -0.25) is 0 Å². The second kappa shape index (κ2) is 4.36. The van der Waals surface area contributed by atoms with E-state index in [1.807, 2.05) is 0 Å². The molecule has 2 rings (SSSR count). The monoisotopic (exact) mass is 228 g/mol. The highest BCUT2D eigenvalue weighted by molar-refractivity contribution is 5.48. The van der Waals surface area contributed by atoms with Gasteiger partial charge in [-0.2, -0.15) is 13.2 Å². The average molecular weight is 228 g/mol. The number of rotatable bonds is 1. The molecule has 0 N–H and O–H groups in total. The van der Waals surface area contributed by atoms with Crippen molar-refractivity contribution in [3.8, 4) is 0 Å². The van der Waals surface area contributed by atoms with Crippen LogP contribution in [0.2, 0.25) is 0 Å². The highest BCUT2D eigenvalue weighted by atomic mass is 19.4. The van der Waals surface area contributed by atoms with Crippen LogP contribution in [0.5, 0.6) is 0 Å². The molecule has 87 valence electrons. The van der Waals surface area contributed by atoms with Crippen molar-refractivity contribution in [2.75, 3.05) is 18.0 Å². The lowest BCUT2D eigenvalue weighted by atomic mass is 10.1. The maximum absolute atomic E-state index is 12.3. The molecule has 0 bridgehead atoms. The molecule has 0 aromatic heterocycles. The molecular weight excluding hydrogens is 215 g/mol. The molecular formula is C12H13F3N. The molecule has 0 amide bonds. The summed E-state index contributed by atoms with van der Waals surface area (Å²) in [6.45, 7) is 1.74. The molecule has 1 aromatic rings. The maximum Gasteiger partial charge on any atom is 0.416 e. The normalized spacial score (nSPS) is 17.6. The van der Waals surface area contributed by atoms with Crippen LogP contribution < -0.4 is 4.90 Å². The van der Waals surface area contributed by atoms with Gasteiger partial charge in [0, 0.05) is 18.8 Å². The van der Waals surface area contributed by atoms with Gasteiger partial charge in [0.2, 0.25) is 0 Å². The van der Waals surface area contributed by atoms with Crippen LogP contribution in [0.4, 0.5) is 18.9 Å². The lowest BCUT2D eigenvalue weighted by Gasteiger charge is -2.28. The number of nitrogens with zero attached hydrogens (tertiary/aromatic N) is 1. The lowest BCUT2D eigenvalue weighted by Crippen LogP contribution is -2.29. The summed E-state index contributed by atoms with van der Waals surface area (Å²) in [6.07, 6.45) is 0.0753. The van der Waals surface area contributed by atoms with E-state index in [1.54, 1.807) is 12.1 Å². The first-order valence-corrected chi connectivity index (χ1v) is 5.31. The van der Waals surface area contributed by atoms with Crippen LogP contribution in [-0.4, -0.2) is 13.1 Å². The summed E-state index contributed by atoms with van der Waals surface area (Å²) >= 11 is 0. The summed E-state index contributed by atoms with van der Waals surface area (Å²) < 4.78 is 37.0. The van der Waals surface area contributed by atoms with E-state index in [1.165, 1.54) is 0 Å². The van der Waals surface area contributed by atoms with E-state index in [9.17, 15) is 13.2 Å². The first-order chi connectivity index (χ1) is 7.57. The smallest absolute Gasteiger partial charge is 0.371 e. The number of hydrogen-bond donors (Lipinski definition) is 0. The molecule has 1 heterocycles. The zero-order valence-corrected chi connectivity index (χ0v) is 8.80. The Morgan fingerprint density at radius 2 is 1.75 bits per heavy atom. The highest BCUT2D eigenvalue weighted by Crippen LogP contribution is 2.30. The van der Waals surface area contributed by atoms with Gasteiger partial charge >= 0.3 is 6.18 Å². The zero-order chi connectivity index (χ0) is 11.6. The lowest BCUT2D eigenvalue weighted by molar-refractivity contribution is -0.137. The first kappa shape index (κ1) is 11.3. The fourth-order valence-corrected chi connectivity index (χ4v) is 1.86. The molecule has 0 spiro atoms. The number of anilines is 1. The van der Waals surface area contributed by atoms with Gasteiger partial charge in [0.05, 0.1) is 5.56 Å². The Kier molecular flexibility index (Phi) is 3.08. The molecule has 1 aromatic carbocycles. The van der Waals surface area contributed by atoms with Crippen molar-refractivity contribution >= 4 is 5.69 Å². The number of alkyl halides is 3. The fourth-order valence-electron chi connectivity index (χ4n) is 1.86. The van der Waals surface area contributed by atoms with Gasteiger partial charge in [-0.25, -0.2) is 0 Å². The van der Waals surface area contributed by atoms with Gasteiger partial charge < -0.3 is 4.90 Å². The van der Waals surface area contributed by atoms with Crippen molar-refractivity contribution in [3.05, 3.63) is 36.2 Å². The van der Waals surface area contributed by atoms with Crippen molar-refractivity contribution in [2.45, 2.75) is 19.0 Å². The molecule has 1 nitrogen and oxygen atoms in total. The quantitative estimate of drug-likeness (QED) is 0.711. The third kappa shape index (κ3) is 2.49. The van der Waals surface area contributed by atoms with Crippen molar-refractivity contribution in [3.63, 3.8) is 0 Å². The molecule has 0 unspecified atom stereocenters. The van der Waals surface area contributed by atoms with Crippen molar-refractivity contribution < 1.29 is 13.2 Å². The highest BCUT2D eigenvalue weighted by Gasteiger charge is 2.30. The third-order valence-electron chi connectivity index (χ3n) is 2.75. The summed E-state index contributed by atoms with van der Waals surface area (Å²) in [7, 11) is 0. The molecule has 0 aliphatic carbocycles. The number of benzene rings is 1. The molecule has 1 saturated heterocycles. The van der Waals surface area contributed by atoms with E-state index in [-0.39, 0.29) is 0 Å². The van der Waals surface area contributed by atoms with Gasteiger partial charge in [0.1, 0.15) is 0 Å². The molecule has 1 aliphatic rings. The van der Waals surface area contributed by atoms with Crippen LogP contribution >= 0.6 is 0 Å². The molecule has 1 fully saturated rings. The minimum absolute atomic E-state index is 0.586. The molecule has 1 aliphatic heterocycles. The van der Waals surface area contributed by atoms with Gasteiger partial charge in [0.15, 0.2) is 0 Å². The largest absolute Gasteiger partial charge is 0.416 e. The van der Waals surface area contributed by atoms with Crippen molar-refractivity contribution in [1.82, 2.24) is 0 Å². The van der Waals surface area contributed by atoms with Crippen LogP contribution in [0.1, 0.15) is 18.4 Å². The second-order valence-electron chi connectivity index (χ2n) is 3.92. The Morgan fingerprint density at radius 1 is 1.06 bits per heavy atom. The summed E-state index contributed by atoms with van der Waals surface area (Å²) in [4.78, 5) is 2.09. The van der Waals surface area contributed by atoms with Crippen LogP contribution in [0.15, 0.2) is 24.3 Å². The predicted octanol–water partition coefficient (Wildman–Crippen LogP) is 3.51. The summed E-state index contributed by atoms with van der Waals surface area (Å²) in [5, 5.41) is 0. The summed E-state index contributed by atoms with van der Waals surface area (Å²) in [6, 6.07) is 5.37. The fraction of sp³-hybridized carbons (Fsp3) is 0.417. The number of halogens is 3. The minimum Gasteiger partial charge on any atom is -0.371 e. The van der Waals surface area contributed by atoms with E-state index in [0.717, 1.165) is 43.8 Å². The average Bonchev–Trinajstić information content (AvgIpc) is 2.29. The molecule has 0 saturated carbocycles. The summed E-state index contributed by atoms with van der Waals surface area (Å²) in [5.74, 6) is 0. The van der Waals surface area contributed by atoms with Crippen LogP contribution in [-0.2, 0) is 6.18 Å². The van der Waals surface area contributed by atoms with Gasteiger partial charge in [0.25, 0.3) is 0 Å². The van der Waals surface area contributed by atoms with E-state index in [2.05, 4.69) is 11.3 Å². The Labute approximate surface area is 92.9 Å². The zero-order valence-electron chi connectivity index (χ0n) is 8.80. The SMILES string of the molecule is FC(F)(F)c1ccc(N2C[CH]CCC2)cc1. The van der Waals surface area contributed by atoms with E-state index < -0.39 is 11.7 Å². The van der Waals surface area contributed by atoms with Crippen LogP contribution in [0.3, 0.4) is 0 Å². The van der Waals surface area contributed by atoms with Crippen molar-refractivity contribution in [1.29, 1.82) is 0 Å². The van der Waals surface area contributed by atoms with E-state index >= 15 is 0 Å². The third-order valence-corrected chi connectivity index (χ3v) is 2.75. The van der Waals surface area contributed by atoms with Gasteiger partial charge in [-0.05, 0) is 43.5 Å².